The van der Waals surface area contributed by atoms with Gasteiger partial charge >= 0.3 is 5.97 Å². The Bertz CT molecular complexity index is 271. The first-order valence-electron chi connectivity index (χ1n) is 7.07. The predicted molar refractivity (Wildman–Crippen MR) is 64.2 cm³/mol. The second-order valence-corrected chi connectivity index (χ2v) is 5.88. The molecule has 0 aromatic heterocycles. The lowest BCUT2D eigenvalue weighted by atomic mass is 9.69. The van der Waals surface area contributed by atoms with Crippen LogP contribution in [-0.4, -0.2) is 16.7 Å². The number of rotatable bonds is 3. The molecule has 2 fully saturated rings. The van der Waals surface area contributed by atoms with Crippen LogP contribution in [0.2, 0.25) is 0 Å². The van der Waals surface area contributed by atoms with Crippen molar-refractivity contribution in [2.75, 3.05) is 0 Å². The van der Waals surface area contributed by atoms with E-state index in [1.165, 1.54) is 32.1 Å². The summed E-state index contributed by atoms with van der Waals surface area (Å²) >= 11 is 0. The number of hydrogen-bond donors (Lipinski definition) is 1. The molecular weight excluding hydrogens is 216 g/mol. The Morgan fingerprint density at radius 3 is 2.35 bits per heavy atom. The summed E-state index contributed by atoms with van der Waals surface area (Å²) in [5, 5.41) is 21.6. The summed E-state index contributed by atoms with van der Waals surface area (Å²) in [6.07, 6.45) is 10.1. The van der Waals surface area contributed by atoms with Crippen molar-refractivity contribution in [3.8, 4) is 0 Å². The van der Waals surface area contributed by atoms with Crippen LogP contribution in [0.3, 0.4) is 0 Å². The Morgan fingerprint density at radius 2 is 1.71 bits per heavy atom. The minimum absolute atomic E-state index is 0.128. The second kappa shape index (κ2) is 5.38. The van der Waals surface area contributed by atoms with E-state index < -0.39 is 11.6 Å². The van der Waals surface area contributed by atoms with Crippen LogP contribution in [0, 0.1) is 11.8 Å². The molecule has 0 aromatic rings. The highest BCUT2D eigenvalue weighted by atomic mass is 16.4. The van der Waals surface area contributed by atoms with E-state index in [4.69, 9.17) is 0 Å². The van der Waals surface area contributed by atoms with E-state index in [0.717, 1.165) is 25.7 Å². The zero-order chi connectivity index (χ0) is 12.3. The molecule has 0 saturated heterocycles. The Morgan fingerprint density at radius 1 is 1.06 bits per heavy atom. The van der Waals surface area contributed by atoms with Crippen molar-refractivity contribution in [1.82, 2.24) is 0 Å². The standard InChI is InChI=1S/C14H23O3/c15-13(16)14(17)9-5-4-8-12(14)10-11-6-2-1-3-7-11/h11-12H,1-10H2,(H,15,16). The second-order valence-electron chi connectivity index (χ2n) is 5.88. The Kier molecular flexibility index (Phi) is 4.08. The first kappa shape index (κ1) is 12.9. The van der Waals surface area contributed by atoms with Crippen molar-refractivity contribution >= 4 is 5.97 Å². The minimum atomic E-state index is -1.68. The van der Waals surface area contributed by atoms with Crippen LogP contribution in [-0.2, 0) is 9.90 Å². The molecule has 2 aliphatic carbocycles. The molecule has 0 aliphatic heterocycles. The van der Waals surface area contributed by atoms with Gasteiger partial charge in [-0.1, -0.05) is 38.5 Å². The van der Waals surface area contributed by atoms with Gasteiger partial charge in [0.25, 0.3) is 0 Å². The van der Waals surface area contributed by atoms with E-state index in [-0.39, 0.29) is 5.92 Å². The summed E-state index contributed by atoms with van der Waals surface area (Å²) < 4.78 is 0. The topological polar surface area (TPSA) is 57.2 Å². The third kappa shape index (κ3) is 2.82. The molecule has 17 heavy (non-hydrogen) atoms. The summed E-state index contributed by atoms with van der Waals surface area (Å²) in [6, 6.07) is 0. The Balaban J connectivity index is 1.98. The van der Waals surface area contributed by atoms with Gasteiger partial charge in [-0.25, -0.2) is 9.90 Å². The lowest BCUT2D eigenvalue weighted by Gasteiger charge is -2.37. The first-order chi connectivity index (χ1) is 8.13. The van der Waals surface area contributed by atoms with Gasteiger partial charge in [-0.2, -0.15) is 0 Å². The lowest BCUT2D eigenvalue weighted by Crippen LogP contribution is -2.47. The van der Waals surface area contributed by atoms with Crippen molar-refractivity contribution in [2.24, 2.45) is 11.8 Å². The van der Waals surface area contributed by atoms with Gasteiger partial charge in [0.1, 0.15) is 0 Å². The number of carbonyl (C=O) groups is 1. The lowest BCUT2D eigenvalue weighted by molar-refractivity contribution is -0.182. The molecule has 3 nitrogen and oxygen atoms in total. The summed E-state index contributed by atoms with van der Waals surface area (Å²) in [5.74, 6) is -0.630. The summed E-state index contributed by atoms with van der Waals surface area (Å²) in [4.78, 5) is 11.2. The molecule has 2 rings (SSSR count). The zero-order valence-corrected chi connectivity index (χ0v) is 10.5. The summed E-state index contributed by atoms with van der Waals surface area (Å²) in [6.45, 7) is 0. The monoisotopic (exact) mass is 239 g/mol. The summed E-state index contributed by atoms with van der Waals surface area (Å²) in [7, 11) is 0. The third-order valence-electron chi connectivity index (χ3n) is 4.71. The fourth-order valence-corrected chi connectivity index (χ4v) is 3.63. The van der Waals surface area contributed by atoms with E-state index >= 15 is 0 Å². The van der Waals surface area contributed by atoms with Gasteiger partial charge in [-0.3, -0.25) is 0 Å². The molecule has 0 aromatic carbocycles. The van der Waals surface area contributed by atoms with Crippen LogP contribution < -0.4 is 0 Å². The smallest absolute Gasteiger partial charge is 0.339 e. The largest absolute Gasteiger partial charge is 0.479 e. The quantitative estimate of drug-likeness (QED) is 0.820. The van der Waals surface area contributed by atoms with Crippen molar-refractivity contribution < 1.29 is 15.0 Å². The molecule has 97 valence electrons. The maximum Gasteiger partial charge on any atom is 0.339 e. The van der Waals surface area contributed by atoms with Crippen molar-refractivity contribution in [3.05, 3.63) is 0 Å². The van der Waals surface area contributed by atoms with Crippen LogP contribution >= 0.6 is 0 Å². The molecule has 1 N–H and O–H groups in total. The van der Waals surface area contributed by atoms with E-state index in [1.807, 2.05) is 0 Å². The van der Waals surface area contributed by atoms with E-state index in [0.29, 0.717) is 12.3 Å². The van der Waals surface area contributed by atoms with Crippen LogP contribution in [0.15, 0.2) is 0 Å². The average Bonchev–Trinajstić information content (AvgIpc) is 2.33. The molecule has 2 aliphatic rings. The Labute approximate surface area is 103 Å². The average molecular weight is 239 g/mol. The highest BCUT2D eigenvalue weighted by molar-refractivity contribution is 5.77. The molecular formula is C14H23O3. The molecule has 2 saturated carbocycles. The van der Waals surface area contributed by atoms with Crippen LogP contribution in [0.4, 0.5) is 0 Å². The van der Waals surface area contributed by atoms with Crippen LogP contribution in [0.1, 0.15) is 64.2 Å². The first-order valence-corrected chi connectivity index (χ1v) is 7.07. The number of carboxylic acid groups (broad SMARTS) is 1. The maximum atomic E-state index is 12.4. The van der Waals surface area contributed by atoms with Gasteiger partial charge in [0, 0.05) is 5.92 Å². The van der Waals surface area contributed by atoms with Gasteiger partial charge in [0.05, 0.1) is 0 Å². The minimum Gasteiger partial charge on any atom is -0.479 e. The molecule has 0 amide bonds. The predicted octanol–water partition coefficient (Wildman–Crippen LogP) is 3.40. The molecule has 3 heteroatoms. The summed E-state index contributed by atoms with van der Waals surface area (Å²) in [5.41, 5.74) is -1.68. The van der Waals surface area contributed by atoms with Crippen LogP contribution in [0.5, 0.6) is 0 Å². The van der Waals surface area contributed by atoms with E-state index in [1.54, 1.807) is 0 Å². The zero-order valence-electron chi connectivity index (χ0n) is 10.5. The van der Waals surface area contributed by atoms with Crippen molar-refractivity contribution in [1.29, 1.82) is 0 Å². The third-order valence-corrected chi connectivity index (χ3v) is 4.71. The SMILES string of the molecule is [O]C1(C(=O)O)CCCCC1CC1CCCCC1. The van der Waals surface area contributed by atoms with Gasteiger partial charge in [0.2, 0.25) is 5.60 Å². The number of carboxylic acids is 1. The maximum absolute atomic E-state index is 12.4. The Hall–Kier alpha value is -0.570. The van der Waals surface area contributed by atoms with Gasteiger partial charge in [-0.15, -0.1) is 0 Å². The van der Waals surface area contributed by atoms with E-state index in [2.05, 4.69) is 0 Å². The highest BCUT2D eigenvalue weighted by Crippen LogP contribution is 2.41. The molecule has 2 atom stereocenters. The normalized spacial score (nSPS) is 35.7. The van der Waals surface area contributed by atoms with Crippen LogP contribution in [0.25, 0.3) is 0 Å². The van der Waals surface area contributed by atoms with Gasteiger partial charge in [0.15, 0.2) is 0 Å². The van der Waals surface area contributed by atoms with Gasteiger partial charge in [-0.05, 0) is 31.6 Å². The van der Waals surface area contributed by atoms with Crippen molar-refractivity contribution in [3.63, 3.8) is 0 Å². The molecule has 0 spiro atoms. The molecule has 2 unspecified atom stereocenters. The molecule has 0 heterocycles. The molecule has 1 radical (unpaired) electrons. The fraction of sp³-hybridized carbons (Fsp3) is 0.929. The van der Waals surface area contributed by atoms with Gasteiger partial charge < -0.3 is 5.11 Å². The van der Waals surface area contributed by atoms with Crippen molar-refractivity contribution in [2.45, 2.75) is 69.8 Å². The highest BCUT2D eigenvalue weighted by Gasteiger charge is 2.48. The fourth-order valence-electron chi connectivity index (χ4n) is 3.63. The van der Waals surface area contributed by atoms with E-state index in [9.17, 15) is 15.0 Å². The molecule has 0 bridgehead atoms. The number of hydrogen-bond acceptors (Lipinski definition) is 1. The number of aliphatic carboxylic acids is 1.